The molecule has 0 unspecified atom stereocenters. The second-order valence-electron chi connectivity index (χ2n) is 6.60. The Morgan fingerprint density at radius 2 is 1.89 bits per heavy atom. The first-order chi connectivity index (χ1) is 13.5. The molecule has 2 N–H and O–H groups in total. The van der Waals surface area contributed by atoms with Crippen molar-refractivity contribution >= 4 is 45.5 Å². The summed E-state index contributed by atoms with van der Waals surface area (Å²) in [4.78, 5) is 12.4. The molecule has 5 nitrogen and oxygen atoms in total. The molecule has 0 saturated heterocycles. The summed E-state index contributed by atoms with van der Waals surface area (Å²) >= 11 is 2.84. The Bertz CT molecular complexity index is 984. The van der Waals surface area contributed by atoms with Crippen LogP contribution in [-0.4, -0.2) is 21.9 Å². The molecule has 0 atom stereocenters. The number of anilines is 3. The SMILES string of the molecule is CCc1cccc(C)c1NC(=O)CSc1nnc(Nc2ccc(C)c(C)c2)s1. The molecular formula is C21H24N4OS2. The van der Waals surface area contributed by atoms with Gasteiger partial charge in [0.1, 0.15) is 0 Å². The highest BCUT2D eigenvalue weighted by Gasteiger charge is 2.11. The van der Waals surface area contributed by atoms with Crippen molar-refractivity contribution in [2.45, 2.75) is 38.5 Å². The highest BCUT2D eigenvalue weighted by molar-refractivity contribution is 8.01. The molecule has 3 aromatic rings. The van der Waals surface area contributed by atoms with Crippen molar-refractivity contribution in [2.24, 2.45) is 0 Å². The number of nitrogens with one attached hydrogen (secondary N) is 2. The molecular weight excluding hydrogens is 388 g/mol. The van der Waals surface area contributed by atoms with Gasteiger partial charge in [0.2, 0.25) is 11.0 Å². The smallest absolute Gasteiger partial charge is 0.234 e. The Kier molecular flexibility index (Phi) is 6.70. The van der Waals surface area contributed by atoms with Crippen LogP contribution in [-0.2, 0) is 11.2 Å². The Balaban J connectivity index is 1.57. The fourth-order valence-corrected chi connectivity index (χ4v) is 4.34. The summed E-state index contributed by atoms with van der Waals surface area (Å²) < 4.78 is 0.766. The van der Waals surface area contributed by atoms with Crippen LogP contribution in [0.25, 0.3) is 0 Å². The maximum absolute atomic E-state index is 12.4. The third-order valence-corrected chi connectivity index (χ3v) is 6.47. The minimum Gasteiger partial charge on any atom is -0.330 e. The molecule has 0 aliphatic carbocycles. The van der Waals surface area contributed by atoms with E-state index in [2.05, 4.69) is 53.7 Å². The second-order valence-corrected chi connectivity index (χ2v) is 8.80. The highest BCUT2D eigenvalue weighted by Crippen LogP contribution is 2.29. The van der Waals surface area contributed by atoms with Gasteiger partial charge < -0.3 is 10.6 Å². The number of carbonyl (C=O) groups is 1. The topological polar surface area (TPSA) is 66.9 Å². The predicted octanol–water partition coefficient (Wildman–Crippen LogP) is 5.50. The van der Waals surface area contributed by atoms with Crippen LogP contribution in [0.2, 0.25) is 0 Å². The molecule has 2 aromatic carbocycles. The van der Waals surface area contributed by atoms with E-state index >= 15 is 0 Å². The molecule has 0 bridgehead atoms. The van der Waals surface area contributed by atoms with Crippen LogP contribution in [0.5, 0.6) is 0 Å². The molecule has 1 aromatic heterocycles. The Morgan fingerprint density at radius 1 is 1.07 bits per heavy atom. The number of hydrogen-bond donors (Lipinski definition) is 2. The number of thioether (sulfide) groups is 1. The summed E-state index contributed by atoms with van der Waals surface area (Å²) in [5, 5.41) is 15.4. The maximum atomic E-state index is 12.4. The second kappa shape index (κ2) is 9.21. The quantitative estimate of drug-likeness (QED) is 0.502. The van der Waals surface area contributed by atoms with Crippen molar-refractivity contribution in [1.29, 1.82) is 0 Å². The molecule has 0 aliphatic heterocycles. The molecule has 0 spiro atoms. The molecule has 1 amide bonds. The first-order valence-corrected chi connectivity index (χ1v) is 11.0. The zero-order valence-corrected chi connectivity index (χ0v) is 18.1. The molecule has 3 rings (SSSR count). The van der Waals surface area contributed by atoms with Gasteiger partial charge in [-0.15, -0.1) is 10.2 Å². The number of aromatic nitrogens is 2. The third kappa shape index (κ3) is 5.11. The summed E-state index contributed by atoms with van der Waals surface area (Å²) in [6.07, 6.45) is 0.883. The number of benzene rings is 2. The zero-order chi connectivity index (χ0) is 20.1. The maximum Gasteiger partial charge on any atom is 0.234 e. The summed E-state index contributed by atoms with van der Waals surface area (Å²) in [5.41, 5.74) is 6.61. The molecule has 146 valence electrons. The summed E-state index contributed by atoms with van der Waals surface area (Å²) in [7, 11) is 0. The summed E-state index contributed by atoms with van der Waals surface area (Å²) in [6.45, 7) is 8.27. The number of hydrogen-bond acceptors (Lipinski definition) is 6. The monoisotopic (exact) mass is 412 g/mol. The van der Waals surface area contributed by atoms with Crippen LogP contribution in [0.3, 0.4) is 0 Å². The van der Waals surface area contributed by atoms with Gasteiger partial charge in [-0.05, 0) is 61.6 Å². The lowest BCUT2D eigenvalue weighted by Crippen LogP contribution is -2.16. The van der Waals surface area contributed by atoms with E-state index in [1.807, 2.05) is 31.2 Å². The van der Waals surface area contributed by atoms with E-state index < -0.39 is 0 Å². The van der Waals surface area contributed by atoms with Crippen molar-refractivity contribution in [3.63, 3.8) is 0 Å². The standard InChI is InChI=1S/C21H24N4OS2/c1-5-16-8-6-7-14(3)19(16)23-18(26)12-27-21-25-24-20(28-21)22-17-10-9-13(2)15(4)11-17/h6-11H,5,12H2,1-4H3,(H,22,24)(H,23,26). The van der Waals surface area contributed by atoms with E-state index in [1.165, 1.54) is 34.2 Å². The zero-order valence-electron chi connectivity index (χ0n) is 16.5. The van der Waals surface area contributed by atoms with Gasteiger partial charge in [0.05, 0.1) is 5.75 Å². The number of amides is 1. The number of rotatable bonds is 7. The normalized spacial score (nSPS) is 10.7. The molecule has 7 heteroatoms. The van der Waals surface area contributed by atoms with E-state index in [0.29, 0.717) is 5.75 Å². The van der Waals surface area contributed by atoms with Gasteiger partial charge >= 0.3 is 0 Å². The van der Waals surface area contributed by atoms with Gasteiger partial charge in [-0.25, -0.2) is 0 Å². The Labute approximate surface area is 174 Å². The van der Waals surface area contributed by atoms with Crippen molar-refractivity contribution < 1.29 is 4.79 Å². The van der Waals surface area contributed by atoms with E-state index in [-0.39, 0.29) is 5.91 Å². The lowest BCUT2D eigenvalue weighted by atomic mass is 10.1. The van der Waals surface area contributed by atoms with Gasteiger partial charge in [-0.1, -0.05) is 54.3 Å². The van der Waals surface area contributed by atoms with Crippen LogP contribution < -0.4 is 10.6 Å². The number of para-hydroxylation sites is 1. The van der Waals surface area contributed by atoms with Crippen LogP contribution >= 0.6 is 23.1 Å². The Morgan fingerprint density at radius 3 is 2.64 bits per heavy atom. The lowest BCUT2D eigenvalue weighted by molar-refractivity contribution is -0.113. The van der Waals surface area contributed by atoms with Crippen LogP contribution in [0.15, 0.2) is 40.7 Å². The van der Waals surface area contributed by atoms with Crippen LogP contribution in [0, 0.1) is 20.8 Å². The fourth-order valence-electron chi connectivity index (χ4n) is 2.77. The molecule has 1 heterocycles. The van der Waals surface area contributed by atoms with Crippen LogP contribution in [0.1, 0.15) is 29.2 Å². The van der Waals surface area contributed by atoms with Gasteiger partial charge in [0.15, 0.2) is 4.34 Å². The van der Waals surface area contributed by atoms with Crippen molar-refractivity contribution in [2.75, 3.05) is 16.4 Å². The van der Waals surface area contributed by atoms with Crippen molar-refractivity contribution in [3.05, 3.63) is 58.7 Å². The van der Waals surface area contributed by atoms with Gasteiger partial charge in [-0.2, -0.15) is 0 Å². The van der Waals surface area contributed by atoms with Crippen molar-refractivity contribution in [3.8, 4) is 0 Å². The predicted molar refractivity (Wildman–Crippen MR) is 119 cm³/mol. The summed E-state index contributed by atoms with van der Waals surface area (Å²) in [6, 6.07) is 12.3. The van der Waals surface area contributed by atoms with E-state index in [4.69, 9.17) is 0 Å². The molecule has 0 radical (unpaired) electrons. The van der Waals surface area contributed by atoms with Crippen molar-refractivity contribution in [1.82, 2.24) is 10.2 Å². The van der Waals surface area contributed by atoms with Crippen LogP contribution in [0.4, 0.5) is 16.5 Å². The number of carbonyl (C=O) groups excluding carboxylic acids is 1. The van der Waals surface area contributed by atoms with Gasteiger partial charge in [0.25, 0.3) is 0 Å². The molecule has 0 fully saturated rings. The molecule has 0 saturated carbocycles. The Hall–Kier alpha value is -2.38. The summed E-state index contributed by atoms with van der Waals surface area (Å²) in [5.74, 6) is 0.267. The minimum atomic E-state index is -0.0344. The van der Waals surface area contributed by atoms with E-state index in [0.717, 1.165) is 38.4 Å². The highest BCUT2D eigenvalue weighted by atomic mass is 32.2. The largest absolute Gasteiger partial charge is 0.330 e. The van der Waals surface area contributed by atoms with Gasteiger partial charge in [-0.3, -0.25) is 4.79 Å². The van der Waals surface area contributed by atoms with E-state index in [1.54, 1.807) is 0 Å². The molecule has 0 aliphatic rings. The number of nitrogens with zero attached hydrogens (tertiary/aromatic N) is 2. The first-order valence-electron chi connectivity index (χ1n) is 9.15. The molecule has 28 heavy (non-hydrogen) atoms. The lowest BCUT2D eigenvalue weighted by Gasteiger charge is -2.12. The first kappa shape index (κ1) is 20.4. The average molecular weight is 413 g/mol. The third-order valence-electron chi connectivity index (χ3n) is 4.50. The van der Waals surface area contributed by atoms with E-state index in [9.17, 15) is 4.79 Å². The number of aryl methyl sites for hydroxylation is 4. The minimum absolute atomic E-state index is 0.0344. The van der Waals surface area contributed by atoms with Gasteiger partial charge in [0, 0.05) is 11.4 Å². The average Bonchev–Trinajstić information content (AvgIpc) is 3.12. The fraction of sp³-hybridized carbons (Fsp3) is 0.286.